The molecule has 0 radical (unpaired) electrons. The minimum atomic E-state index is -3.78. The fourth-order valence-electron chi connectivity index (χ4n) is 1.47. The SMILES string of the molecule is Cc1nc(Cl)sc1S(=O)(=O)Nc1ccc(C#N)c(Cl)c1. The second-order valence-corrected chi connectivity index (χ2v) is 7.62. The Labute approximate surface area is 129 Å². The van der Waals surface area contributed by atoms with E-state index in [2.05, 4.69) is 9.71 Å². The maximum absolute atomic E-state index is 12.2. The lowest BCUT2D eigenvalue weighted by Gasteiger charge is -2.07. The van der Waals surface area contributed by atoms with Gasteiger partial charge in [-0.3, -0.25) is 4.72 Å². The molecule has 0 spiro atoms. The van der Waals surface area contributed by atoms with Gasteiger partial charge in [-0.15, -0.1) is 0 Å². The number of sulfonamides is 1. The van der Waals surface area contributed by atoms with Gasteiger partial charge >= 0.3 is 0 Å². The predicted molar refractivity (Wildman–Crippen MR) is 78.8 cm³/mol. The summed E-state index contributed by atoms with van der Waals surface area (Å²) in [4.78, 5) is 3.86. The van der Waals surface area contributed by atoms with Crippen LogP contribution < -0.4 is 4.72 Å². The molecule has 104 valence electrons. The number of hydrogen-bond donors (Lipinski definition) is 1. The van der Waals surface area contributed by atoms with E-state index in [0.29, 0.717) is 5.69 Å². The Kier molecular flexibility index (Phi) is 4.20. The normalized spacial score (nSPS) is 11.1. The Bertz CT molecular complexity index is 810. The van der Waals surface area contributed by atoms with Gasteiger partial charge in [0.05, 0.1) is 22.0 Å². The average Bonchev–Trinajstić information content (AvgIpc) is 2.69. The zero-order valence-corrected chi connectivity index (χ0v) is 13.2. The molecule has 20 heavy (non-hydrogen) atoms. The molecule has 9 heteroatoms. The summed E-state index contributed by atoms with van der Waals surface area (Å²) in [5.74, 6) is 0. The van der Waals surface area contributed by atoms with Crippen LogP contribution in [0.5, 0.6) is 0 Å². The number of hydrogen-bond acceptors (Lipinski definition) is 5. The lowest BCUT2D eigenvalue weighted by atomic mass is 10.2. The second-order valence-electron chi connectivity index (χ2n) is 3.75. The van der Waals surface area contributed by atoms with E-state index in [4.69, 9.17) is 28.5 Å². The first-order valence-corrected chi connectivity index (χ1v) is 8.24. The number of benzene rings is 1. The van der Waals surface area contributed by atoms with E-state index in [1.165, 1.54) is 18.2 Å². The highest BCUT2D eigenvalue weighted by atomic mass is 35.5. The number of nitrogens with one attached hydrogen (secondary N) is 1. The van der Waals surface area contributed by atoms with Crippen molar-refractivity contribution in [3.05, 3.63) is 38.9 Å². The van der Waals surface area contributed by atoms with Crippen LogP contribution in [0.2, 0.25) is 9.49 Å². The Morgan fingerprint density at radius 3 is 2.60 bits per heavy atom. The molecule has 0 bridgehead atoms. The quantitative estimate of drug-likeness (QED) is 0.921. The number of aryl methyl sites for hydroxylation is 1. The van der Waals surface area contributed by atoms with Crippen molar-refractivity contribution >= 4 is 50.2 Å². The molecule has 0 amide bonds. The van der Waals surface area contributed by atoms with Gasteiger partial charge in [-0.1, -0.05) is 34.5 Å². The largest absolute Gasteiger partial charge is 0.279 e. The molecule has 2 aromatic rings. The molecule has 0 unspecified atom stereocenters. The van der Waals surface area contributed by atoms with E-state index >= 15 is 0 Å². The molecular formula is C11H7Cl2N3O2S2. The van der Waals surface area contributed by atoms with Gasteiger partial charge in [-0.05, 0) is 25.1 Å². The zero-order chi connectivity index (χ0) is 14.9. The number of nitriles is 1. The summed E-state index contributed by atoms with van der Waals surface area (Å²) >= 11 is 12.4. The zero-order valence-electron chi connectivity index (χ0n) is 10.0. The second kappa shape index (κ2) is 5.58. The molecule has 5 nitrogen and oxygen atoms in total. The first-order chi connectivity index (χ1) is 9.33. The third-order valence-corrected chi connectivity index (χ3v) is 5.88. The third kappa shape index (κ3) is 3.04. The Balaban J connectivity index is 2.36. The van der Waals surface area contributed by atoms with E-state index in [9.17, 15) is 8.42 Å². The standard InChI is InChI=1S/C11H7Cl2N3O2S2/c1-6-10(19-11(13)15-6)20(17,18)16-8-3-2-7(5-14)9(12)4-8/h2-4,16H,1H3. The molecule has 0 atom stereocenters. The highest BCUT2D eigenvalue weighted by molar-refractivity contribution is 7.94. The lowest BCUT2D eigenvalue weighted by Crippen LogP contribution is -2.12. The molecule has 0 saturated heterocycles. The van der Waals surface area contributed by atoms with Crippen LogP contribution in [0.15, 0.2) is 22.4 Å². The fraction of sp³-hybridized carbons (Fsp3) is 0.0909. The number of anilines is 1. The van der Waals surface area contributed by atoms with Gasteiger partial charge < -0.3 is 0 Å². The van der Waals surface area contributed by atoms with Crippen molar-refractivity contribution in [2.75, 3.05) is 4.72 Å². The minimum Gasteiger partial charge on any atom is -0.279 e. The topological polar surface area (TPSA) is 82.8 Å². The van der Waals surface area contributed by atoms with Crippen LogP contribution in [-0.4, -0.2) is 13.4 Å². The van der Waals surface area contributed by atoms with E-state index in [-0.39, 0.29) is 24.9 Å². The molecule has 0 aliphatic rings. The predicted octanol–water partition coefficient (Wildman–Crippen LogP) is 3.43. The number of halogens is 2. The number of nitrogens with zero attached hydrogens (tertiary/aromatic N) is 2. The van der Waals surface area contributed by atoms with E-state index in [1.54, 1.807) is 6.92 Å². The molecule has 1 heterocycles. The van der Waals surface area contributed by atoms with Gasteiger partial charge in [0.1, 0.15) is 6.07 Å². The van der Waals surface area contributed by atoms with E-state index in [0.717, 1.165) is 11.3 Å². The van der Waals surface area contributed by atoms with Crippen molar-refractivity contribution < 1.29 is 8.42 Å². The van der Waals surface area contributed by atoms with Crippen molar-refractivity contribution in [2.24, 2.45) is 0 Å². The fourth-order valence-corrected chi connectivity index (χ4v) is 4.48. The smallest absolute Gasteiger partial charge is 0.273 e. The van der Waals surface area contributed by atoms with Gasteiger partial charge in [-0.2, -0.15) is 5.26 Å². The summed E-state index contributed by atoms with van der Waals surface area (Å²) in [5, 5.41) is 8.94. The van der Waals surface area contributed by atoms with E-state index in [1.807, 2.05) is 6.07 Å². The lowest BCUT2D eigenvalue weighted by molar-refractivity contribution is 0.602. The third-order valence-electron chi connectivity index (χ3n) is 2.31. The van der Waals surface area contributed by atoms with Crippen LogP contribution >= 0.6 is 34.5 Å². The van der Waals surface area contributed by atoms with Crippen molar-refractivity contribution in [1.82, 2.24) is 4.98 Å². The van der Waals surface area contributed by atoms with Crippen LogP contribution in [-0.2, 0) is 10.0 Å². The highest BCUT2D eigenvalue weighted by Gasteiger charge is 2.21. The number of thiazole rings is 1. The molecule has 1 aromatic heterocycles. The molecule has 0 fully saturated rings. The monoisotopic (exact) mass is 347 g/mol. The summed E-state index contributed by atoms with van der Waals surface area (Å²) in [6, 6.07) is 6.16. The van der Waals surface area contributed by atoms with Crippen molar-refractivity contribution in [3.8, 4) is 6.07 Å². The summed E-state index contributed by atoms with van der Waals surface area (Å²) in [5.41, 5.74) is 0.858. The van der Waals surface area contributed by atoms with Crippen LogP contribution in [0.1, 0.15) is 11.3 Å². The molecule has 1 aromatic carbocycles. The first-order valence-electron chi connectivity index (χ1n) is 5.19. The van der Waals surface area contributed by atoms with Gasteiger partial charge in [0.25, 0.3) is 10.0 Å². The summed E-state index contributed by atoms with van der Waals surface area (Å²) < 4.78 is 27.0. The molecule has 2 rings (SSSR count). The highest BCUT2D eigenvalue weighted by Crippen LogP contribution is 2.29. The van der Waals surface area contributed by atoms with Crippen LogP contribution in [0.4, 0.5) is 5.69 Å². The summed E-state index contributed by atoms with van der Waals surface area (Å²) in [6.45, 7) is 1.56. The summed E-state index contributed by atoms with van der Waals surface area (Å²) in [6.07, 6.45) is 0. The average molecular weight is 348 g/mol. The molecule has 0 aliphatic carbocycles. The van der Waals surface area contributed by atoms with Gasteiger partial charge in [0, 0.05) is 0 Å². The van der Waals surface area contributed by atoms with E-state index < -0.39 is 10.0 Å². The molecular weight excluding hydrogens is 341 g/mol. The maximum atomic E-state index is 12.2. The first kappa shape index (κ1) is 15.1. The summed E-state index contributed by atoms with van der Waals surface area (Å²) in [7, 11) is -3.78. The maximum Gasteiger partial charge on any atom is 0.273 e. The van der Waals surface area contributed by atoms with Crippen molar-refractivity contribution in [2.45, 2.75) is 11.1 Å². The minimum absolute atomic E-state index is 0.0444. The van der Waals surface area contributed by atoms with Crippen LogP contribution in [0.25, 0.3) is 0 Å². The molecule has 1 N–H and O–H groups in total. The van der Waals surface area contributed by atoms with Crippen LogP contribution in [0.3, 0.4) is 0 Å². The van der Waals surface area contributed by atoms with Crippen LogP contribution in [0, 0.1) is 18.3 Å². The Hall–Kier alpha value is -1.33. The molecule has 0 aliphatic heterocycles. The Morgan fingerprint density at radius 1 is 1.40 bits per heavy atom. The number of rotatable bonds is 3. The van der Waals surface area contributed by atoms with Crippen molar-refractivity contribution in [3.63, 3.8) is 0 Å². The van der Waals surface area contributed by atoms with Gasteiger partial charge in [0.15, 0.2) is 8.68 Å². The van der Waals surface area contributed by atoms with Gasteiger partial charge in [-0.25, -0.2) is 13.4 Å². The van der Waals surface area contributed by atoms with Crippen molar-refractivity contribution in [1.29, 1.82) is 5.26 Å². The number of aromatic nitrogens is 1. The van der Waals surface area contributed by atoms with Gasteiger partial charge in [0.2, 0.25) is 0 Å². The molecule has 0 saturated carbocycles. The Morgan fingerprint density at radius 2 is 2.10 bits per heavy atom.